The Morgan fingerprint density at radius 1 is 1.39 bits per heavy atom. The number of hydrogen-bond acceptors (Lipinski definition) is 4. The van der Waals surface area contributed by atoms with Gasteiger partial charge in [-0.1, -0.05) is 0 Å². The summed E-state index contributed by atoms with van der Waals surface area (Å²) in [6, 6.07) is 4.02. The molecule has 0 saturated carbocycles. The summed E-state index contributed by atoms with van der Waals surface area (Å²) in [7, 11) is 1.69. The molecular weight excluding hydrogens is 335 g/mol. The number of hydrogen-bond donors (Lipinski definition) is 1. The Labute approximate surface area is 119 Å². The van der Waals surface area contributed by atoms with E-state index in [4.69, 9.17) is 9.72 Å². The van der Waals surface area contributed by atoms with Crippen LogP contribution in [-0.4, -0.2) is 57.5 Å². The first-order valence-electron chi connectivity index (χ1n) is 6.15. The van der Waals surface area contributed by atoms with Gasteiger partial charge in [-0.2, -0.15) is 0 Å². The number of aromatic nitrogens is 1. The number of β-amino-alcohol motifs (C(OH)–C–C–N with tert-alkyl or cyclic N) is 1. The van der Waals surface area contributed by atoms with Crippen LogP contribution in [0.15, 0.2) is 12.1 Å². The number of aliphatic hydroxyl groups is 1. The first-order valence-corrected chi connectivity index (χ1v) is 9.00. The molecule has 2 rings (SSSR count). The minimum absolute atomic E-state index is 0.205. The van der Waals surface area contributed by atoms with Gasteiger partial charge in [0.1, 0.15) is 0 Å². The van der Waals surface area contributed by atoms with Crippen LogP contribution in [0.2, 0.25) is 3.43 Å². The van der Waals surface area contributed by atoms with Crippen molar-refractivity contribution in [1.29, 1.82) is 0 Å². The van der Waals surface area contributed by atoms with Gasteiger partial charge in [0, 0.05) is 0 Å². The second-order valence-electron chi connectivity index (χ2n) is 5.68. The molecule has 1 aromatic rings. The predicted molar refractivity (Wildman–Crippen MR) is 74.1 cm³/mol. The molecule has 98 valence electrons. The number of aliphatic hydroxyl groups excluding tert-OH is 1. The fourth-order valence-corrected chi connectivity index (χ4v) is 5.15. The summed E-state index contributed by atoms with van der Waals surface area (Å²) in [5, 5.41) is 9.37. The van der Waals surface area contributed by atoms with Crippen molar-refractivity contribution in [2.24, 2.45) is 0 Å². The van der Waals surface area contributed by atoms with Gasteiger partial charge in [-0.25, -0.2) is 0 Å². The van der Waals surface area contributed by atoms with Gasteiger partial charge in [-0.15, -0.1) is 0 Å². The van der Waals surface area contributed by atoms with E-state index in [1.807, 2.05) is 6.07 Å². The van der Waals surface area contributed by atoms with Gasteiger partial charge < -0.3 is 0 Å². The number of anilines is 1. The number of ether oxygens (including phenoxy) is 1. The third-order valence-electron chi connectivity index (χ3n) is 2.71. The second kappa shape index (κ2) is 5.25. The van der Waals surface area contributed by atoms with E-state index in [1.165, 1.54) is 3.71 Å². The van der Waals surface area contributed by atoms with Crippen LogP contribution >= 0.6 is 0 Å². The molecule has 4 nitrogen and oxygen atoms in total. The zero-order chi connectivity index (χ0) is 13.3. The minimum atomic E-state index is -0.735. The molecule has 2 radical (unpaired) electrons. The summed E-state index contributed by atoms with van der Waals surface area (Å²) < 4.78 is 6.93. The van der Waals surface area contributed by atoms with Crippen molar-refractivity contribution in [2.45, 2.75) is 30.3 Å². The zero-order valence-electron chi connectivity index (χ0n) is 11.4. The summed E-state index contributed by atoms with van der Waals surface area (Å²) in [5.74, 6) is 1.82. The van der Waals surface area contributed by atoms with Crippen molar-refractivity contribution in [3.8, 4) is 5.75 Å². The molecule has 2 heterocycles. The van der Waals surface area contributed by atoms with Crippen molar-refractivity contribution in [2.75, 3.05) is 25.1 Å². The second-order valence-corrected chi connectivity index (χ2v) is 12.1. The van der Waals surface area contributed by atoms with E-state index in [0.29, 0.717) is 16.5 Å². The van der Waals surface area contributed by atoms with Gasteiger partial charge in [0.05, 0.1) is 0 Å². The van der Waals surface area contributed by atoms with Crippen molar-refractivity contribution in [3.05, 3.63) is 12.1 Å². The quantitative estimate of drug-likeness (QED) is 0.816. The Hall–Kier alpha value is -0.491. The average molecular weight is 355 g/mol. The molecule has 0 aromatic carbocycles. The molecule has 1 saturated heterocycles. The van der Waals surface area contributed by atoms with Crippen LogP contribution in [0, 0.1) is 0 Å². The fraction of sp³-hybridized carbons (Fsp3) is 0.615. The molecule has 0 bridgehead atoms. The molecule has 0 spiro atoms. The van der Waals surface area contributed by atoms with Crippen LogP contribution in [-0.2, 0) is 0 Å². The van der Waals surface area contributed by atoms with E-state index in [-0.39, 0.29) is 6.10 Å². The normalized spacial score (nSPS) is 16.6. The van der Waals surface area contributed by atoms with Crippen LogP contribution in [0.25, 0.3) is 0 Å². The van der Waals surface area contributed by atoms with Crippen LogP contribution < -0.4 is 13.3 Å². The van der Waals surface area contributed by atoms with Gasteiger partial charge >= 0.3 is 119 Å². The first-order chi connectivity index (χ1) is 8.37. The molecule has 0 atom stereocenters. The van der Waals surface area contributed by atoms with E-state index < -0.39 is 21.1 Å². The SMILES string of the molecule is COc1c[c]([Sn][C](C)(C)C)nc(N2CC(O)C2)c1. The molecule has 0 amide bonds. The van der Waals surface area contributed by atoms with Crippen molar-refractivity contribution >= 4 is 30.7 Å². The Balaban J connectivity index is 2.22. The van der Waals surface area contributed by atoms with E-state index in [2.05, 4.69) is 31.7 Å². The standard InChI is InChI=1S/C9H11N2O2.C4H9.Sn/c1-13-8-2-3-10-9(4-8)11-5-7(12)6-11;1-4(2)3;/h2,4,7,12H,5-6H2,1H3;1-3H3;. The number of nitrogens with zero attached hydrogens (tertiary/aromatic N) is 2. The molecule has 1 aliphatic rings. The van der Waals surface area contributed by atoms with E-state index in [1.54, 1.807) is 7.11 Å². The summed E-state index contributed by atoms with van der Waals surface area (Å²) in [6.07, 6.45) is -0.205. The fourth-order valence-electron chi connectivity index (χ4n) is 1.86. The van der Waals surface area contributed by atoms with E-state index >= 15 is 0 Å². The molecular formula is C13H20N2O2Sn. The third-order valence-corrected chi connectivity index (χ3v) is 6.31. The maximum atomic E-state index is 9.37. The topological polar surface area (TPSA) is 45.6 Å². The predicted octanol–water partition coefficient (Wildman–Crippen LogP) is 0.819. The van der Waals surface area contributed by atoms with E-state index in [0.717, 1.165) is 11.6 Å². The number of rotatable bonds is 3. The Morgan fingerprint density at radius 2 is 2.06 bits per heavy atom. The van der Waals surface area contributed by atoms with Crippen molar-refractivity contribution < 1.29 is 9.84 Å². The maximum absolute atomic E-state index is 9.37. The van der Waals surface area contributed by atoms with Crippen LogP contribution in [0.1, 0.15) is 20.8 Å². The van der Waals surface area contributed by atoms with Crippen LogP contribution in [0.5, 0.6) is 5.75 Å². The third kappa shape index (κ3) is 3.51. The monoisotopic (exact) mass is 356 g/mol. The number of pyridine rings is 1. The van der Waals surface area contributed by atoms with Crippen LogP contribution in [0.3, 0.4) is 0 Å². The Bertz CT molecular complexity index is 425. The molecule has 0 aliphatic carbocycles. The Kier molecular flexibility index (Phi) is 4.06. The molecule has 1 N–H and O–H groups in total. The van der Waals surface area contributed by atoms with Crippen molar-refractivity contribution in [3.63, 3.8) is 0 Å². The summed E-state index contributed by atoms with van der Waals surface area (Å²) in [4.78, 5) is 6.83. The summed E-state index contributed by atoms with van der Waals surface area (Å²) in [6.45, 7) is 8.18. The van der Waals surface area contributed by atoms with Crippen molar-refractivity contribution in [1.82, 2.24) is 4.98 Å². The zero-order valence-corrected chi connectivity index (χ0v) is 14.3. The first kappa shape index (κ1) is 13.9. The van der Waals surface area contributed by atoms with Gasteiger partial charge in [0.15, 0.2) is 0 Å². The molecule has 1 aliphatic heterocycles. The average Bonchev–Trinajstić information content (AvgIpc) is 2.21. The van der Waals surface area contributed by atoms with Gasteiger partial charge in [0.25, 0.3) is 0 Å². The van der Waals surface area contributed by atoms with Crippen LogP contribution in [0.4, 0.5) is 5.82 Å². The number of methoxy groups -OCH3 is 1. The molecule has 0 unspecified atom stereocenters. The van der Waals surface area contributed by atoms with Gasteiger partial charge in [-0.3, -0.25) is 0 Å². The molecule has 5 heteroatoms. The Morgan fingerprint density at radius 3 is 2.56 bits per heavy atom. The summed E-state index contributed by atoms with van der Waals surface area (Å²) in [5.41, 5.74) is 0. The molecule has 1 fully saturated rings. The molecule has 18 heavy (non-hydrogen) atoms. The summed E-state index contributed by atoms with van der Waals surface area (Å²) >= 11 is -0.735. The van der Waals surface area contributed by atoms with Gasteiger partial charge in [-0.05, 0) is 0 Å². The van der Waals surface area contributed by atoms with Gasteiger partial charge in [0.2, 0.25) is 0 Å². The van der Waals surface area contributed by atoms with E-state index in [9.17, 15) is 5.11 Å². The molecule has 1 aromatic heterocycles.